The first-order valence-electron chi connectivity index (χ1n) is 8.13. The van der Waals surface area contributed by atoms with Crippen LogP contribution in [0.1, 0.15) is 31.0 Å². The smallest absolute Gasteiger partial charge is 0.235 e. The van der Waals surface area contributed by atoms with Gasteiger partial charge in [0.1, 0.15) is 17.3 Å². The first-order valence-corrected chi connectivity index (χ1v) is 9.85. The predicted molar refractivity (Wildman–Crippen MR) is 98.3 cm³/mol. The van der Waals surface area contributed by atoms with Crippen molar-refractivity contribution in [3.05, 3.63) is 65.5 Å². The normalized spacial score (nSPS) is 12.7. The van der Waals surface area contributed by atoms with Crippen molar-refractivity contribution in [3.63, 3.8) is 0 Å². The number of rotatable bonds is 7. The molecule has 0 aromatic heterocycles. The van der Waals surface area contributed by atoms with Crippen LogP contribution in [0, 0.1) is 5.82 Å². The number of nitrogens with one attached hydrogen (secondary N) is 1. The van der Waals surface area contributed by atoms with Gasteiger partial charge in [0.05, 0.1) is 18.4 Å². The monoisotopic (exact) mass is 379 g/mol. The molecule has 0 bridgehead atoms. The second-order valence-corrected chi connectivity index (χ2v) is 8.74. The molecular formula is C19H22FNO4S. The van der Waals surface area contributed by atoms with Gasteiger partial charge in [-0.3, -0.25) is 4.79 Å². The Morgan fingerprint density at radius 3 is 2.00 bits per heavy atom. The molecule has 140 valence electrons. The van der Waals surface area contributed by atoms with E-state index in [-0.39, 0.29) is 0 Å². The number of methoxy groups -OCH3 is 1. The van der Waals surface area contributed by atoms with Crippen LogP contribution in [0.25, 0.3) is 0 Å². The van der Waals surface area contributed by atoms with E-state index in [2.05, 4.69) is 5.32 Å². The number of benzene rings is 2. The lowest BCUT2D eigenvalue weighted by Crippen LogP contribution is -2.36. The van der Waals surface area contributed by atoms with Gasteiger partial charge >= 0.3 is 0 Å². The Morgan fingerprint density at radius 2 is 1.54 bits per heavy atom. The van der Waals surface area contributed by atoms with Gasteiger partial charge in [-0.1, -0.05) is 24.3 Å². The summed E-state index contributed by atoms with van der Waals surface area (Å²) < 4.78 is 42.4. The molecule has 0 heterocycles. The van der Waals surface area contributed by atoms with Crippen LogP contribution in [-0.2, 0) is 14.6 Å². The van der Waals surface area contributed by atoms with Crippen molar-refractivity contribution in [1.82, 2.24) is 5.32 Å². The van der Waals surface area contributed by atoms with Crippen LogP contribution in [0.3, 0.4) is 0 Å². The maximum atomic E-state index is 13.2. The fraction of sp³-hybridized carbons (Fsp3) is 0.316. The third-order valence-electron chi connectivity index (χ3n) is 4.01. The molecule has 0 saturated heterocycles. The van der Waals surface area contributed by atoms with Crippen LogP contribution in [0.15, 0.2) is 48.5 Å². The van der Waals surface area contributed by atoms with Crippen molar-refractivity contribution in [1.29, 1.82) is 0 Å². The lowest BCUT2D eigenvalue weighted by Gasteiger charge is -2.20. The van der Waals surface area contributed by atoms with Crippen LogP contribution < -0.4 is 10.1 Å². The molecule has 0 spiro atoms. The molecule has 2 rings (SSSR count). The Hall–Kier alpha value is -2.41. The summed E-state index contributed by atoms with van der Waals surface area (Å²) in [6.45, 7) is 3.06. The Bertz CT molecular complexity index is 846. The van der Waals surface area contributed by atoms with E-state index in [9.17, 15) is 17.6 Å². The largest absolute Gasteiger partial charge is 0.497 e. The van der Waals surface area contributed by atoms with Gasteiger partial charge in [0.2, 0.25) is 5.91 Å². The zero-order chi connectivity index (χ0) is 19.3. The highest BCUT2D eigenvalue weighted by Gasteiger charge is 2.24. The summed E-state index contributed by atoms with van der Waals surface area (Å²) in [6.07, 6.45) is 0. The molecule has 2 aromatic rings. The van der Waals surface area contributed by atoms with E-state index in [1.807, 2.05) is 0 Å². The van der Waals surface area contributed by atoms with Crippen molar-refractivity contribution >= 4 is 15.7 Å². The van der Waals surface area contributed by atoms with E-state index in [1.165, 1.54) is 26.0 Å². The second-order valence-electron chi connectivity index (χ2n) is 6.18. The Kier molecular flexibility index (Phi) is 6.37. The van der Waals surface area contributed by atoms with Crippen LogP contribution in [-0.4, -0.2) is 32.4 Å². The minimum atomic E-state index is -3.52. The van der Waals surface area contributed by atoms with Crippen molar-refractivity contribution in [2.24, 2.45) is 0 Å². The maximum absolute atomic E-state index is 13.2. The zero-order valence-electron chi connectivity index (χ0n) is 14.9. The van der Waals surface area contributed by atoms with E-state index in [0.29, 0.717) is 11.3 Å². The fourth-order valence-electron chi connectivity index (χ4n) is 2.36. The molecule has 0 aliphatic rings. The number of hydrogen-bond donors (Lipinski definition) is 1. The predicted octanol–water partition coefficient (Wildman–Crippen LogP) is 2.86. The third kappa shape index (κ3) is 5.05. The van der Waals surface area contributed by atoms with Crippen molar-refractivity contribution in [2.75, 3.05) is 12.9 Å². The highest BCUT2D eigenvalue weighted by Crippen LogP contribution is 2.24. The molecule has 0 radical (unpaired) electrons. The molecule has 1 atom stereocenters. The maximum Gasteiger partial charge on any atom is 0.235 e. The number of hydrogen-bond acceptors (Lipinski definition) is 4. The second kappa shape index (κ2) is 8.31. The van der Waals surface area contributed by atoms with Gasteiger partial charge < -0.3 is 10.1 Å². The molecule has 5 nitrogen and oxygen atoms in total. The number of ether oxygens (including phenoxy) is 1. The summed E-state index contributed by atoms with van der Waals surface area (Å²) in [4.78, 5) is 12.3. The van der Waals surface area contributed by atoms with Gasteiger partial charge in [0.25, 0.3) is 0 Å². The molecule has 1 N–H and O–H groups in total. The van der Waals surface area contributed by atoms with Crippen LogP contribution in [0.2, 0.25) is 0 Å². The molecule has 0 aliphatic heterocycles. The molecule has 7 heteroatoms. The van der Waals surface area contributed by atoms with Crippen molar-refractivity contribution in [3.8, 4) is 5.75 Å². The van der Waals surface area contributed by atoms with E-state index < -0.39 is 38.6 Å². The highest BCUT2D eigenvalue weighted by molar-refractivity contribution is 7.92. The van der Waals surface area contributed by atoms with Crippen LogP contribution in [0.4, 0.5) is 4.39 Å². The average molecular weight is 379 g/mol. The van der Waals surface area contributed by atoms with E-state index in [1.54, 1.807) is 43.5 Å². The molecule has 0 saturated carbocycles. The standard InChI is InChI=1S/C19H22FNO4S/c1-13(2)26(23,24)12-18(22)21-19(14-4-8-16(20)9-5-14)15-6-10-17(25-3)11-7-15/h4-11,13,19H,12H2,1-3H3,(H,21,22). The first kappa shape index (κ1) is 19.9. The molecular weight excluding hydrogens is 357 g/mol. The highest BCUT2D eigenvalue weighted by atomic mass is 32.2. The average Bonchev–Trinajstić information content (AvgIpc) is 2.60. The quantitative estimate of drug-likeness (QED) is 0.803. The van der Waals surface area contributed by atoms with Crippen molar-refractivity contribution < 1.29 is 22.3 Å². The summed E-state index contributed by atoms with van der Waals surface area (Å²) in [5.74, 6) is -0.946. The minimum Gasteiger partial charge on any atom is -0.497 e. The van der Waals surface area contributed by atoms with E-state index >= 15 is 0 Å². The molecule has 0 aliphatic carbocycles. The Balaban J connectivity index is 2.31. The Labute approximate surface area is 153 Å². The fourth-order valence-corrected chi connectivity index (χ4v) is 3.14. The summed E-state index contributed by atoms with van der Waals surface area (Å²) in [7, 11) is -1.97. The summed E-state index contributed by atoms with van der Waals surface area (Å²) in [5.41, 5.74) is 1.37. The van der Waals surface area contributed by atoms with E-state index in [4.69, 9.17) is 4.74 Å². The number of sulfone groups is 1. The number of halogens is 1. The van der Waals surface area contributed by atoms with Gasteiger partial charge in [-0.05, 0) is 49.2 Å². The summed E-state index contributed by atoms with van der Waals surface area (Å²) in [6, 6.07) is 12.1. The third-order valence-corrected chi connectivity index (χ3v) is 6.11. The lowest BCUT2D eigenvalue weighted by molar-refractivity contribution is -0.119. The molecule has 26 heavy (non-hydrogen) atoms. The molecule has 1 amide bonds. The Morgan fingerprint density at radius 1 is 1.04 bits per heavy atom. The van der Waals surface area contributed by atoms with Crippen LogP contribution >= 0.6 is 0 Å². The van der Waals surface area contributed by atoms with Gasteiger partial charge in [0.15, 0.2) is 9.84 Å². The van der Waals surface area contributed by atoms with Crippen molar-refractivity contribution in [2.45, 2.75) is 25.1 Å². The zero-order valence-corrected chi connectivity index (χ0v) is 15.7. The summed E-state index contributed by atoms with van der Waals surface area (Å²) >= 11 is 0. The van der Waals surface area contributed by atoms with Crippen LogP contribution in [0.5, 0.6) is 5.75 Å². The van der Waals surface area contributed by atoms with E-state index in [0.717, 1.165) is 5.56 Å². The van der Waals surface area contributed by atoms with Gasteiger partial charge in [-0.15, -0.1) is 0 Å². The summed E-state index contributed by atoms with van der Waals surface area (Å²) in [5, 5.41) is 2.10. The molecule has 1 unspecified atom stereocenters. The number of carbonyl (C=O) groups excluding carboxylic acids is 1. The molecule has 0 fully saturated rings. The van der Waals surface area contributed by atoms with Gasteiger partial charge in [-0.2, -0.15) is 0 Å². The lowest BCUT2D eigenvalue weighted by atomic mass is 9.98. The first-order chi connectivity index (χ1) is 12.2. The topological polar surface area (TPSA) is 72.5 Å². The van der Waals surface area contributed by atoms with Gasteiger partial charge in [0, 0.05) is 0 Å². The SMILES string of the molecule is COc1ccc(C(NC(=O)CS(=O)(=O)C(C)C)c2ccc(F)cc2)cc1. The van der Waals surface area contributed by atoms with Gasteiger partial charge in [-0.25, -0.2) is 12.8 Å². The number of amides is 1. The number of carbonyl (C=O) groups is 1. The minimum absolute atomic E-state index is 0.393. The molecule has 2 aromatic carbocycles.